The molecule has 1 heterocycles. The Morgan fingerprint density at radius 1 is 1.21 bits per heavy atom. The van der Waals surface area contributed by atoms with E-state index in [1.54, 1.807) is 20.8 Å². The monoisotopic (exact) mass is 629 g/mol. The zero-order valence-electron chi connectivity index (χ0n) is 24.0. The summed E-state index contributed by atoms with van der Waals surface area (Å²) < 4.78 is 78.6. The van der Waals surface area contributed by atoms with Crippen LogP contribution in [0, 0.1) is 11.2 Å². The number of halogens is 1. The van der Waals surface area contributed by atoms with Crippen LogP contribution in [0.5, 0.6) is 0 Å². The Morgan fingerprint density at radius 3 is 2.43 bits per heavy atom. The van der Waals surface area contributed by atoms with E-state index < -0.39 is 83.7 Å². The molecule has 1 amide bonds. The fourth-order valence-corrected chi connectivity index (χ4v) is 7.12. The molecule has 0 bridgehead atoms. The minimum absolute atomic E-state index is 0.0233. The lowest BCUT2D eigenvalue weighted by Gasteiger charge is -2.37. The number of carbonyl (C=O) groups is 3. The molecule has 1 aromatic rings. The third-order valence-electron chi connectivity index (χ3n) is 6.52. The van der Waals surface area contributed by atoms with Crippen LogP contribution in [-0.2, 0) is 38.9 Å². The van der Waals surface area contributed by atoms with Crippen molar-refractivity contribution in [2.45, 2.75) is 56.2 Å². The lowest BCUT2D eigenvalue weighted by Crippen LogP contribution is -2.56. The summed E-state index contributed by atoms with van der Waals surface area (Å²) in [5.41, 5.74) is -2.69. The van der Waals surface area contributed by atoms with Crippen molar-refractivity contribution in [2.24, 2.45) is 5.41 Å². The molecule has 0 aromatic heterocycles. The van der Waals surface area contributed by atoms with E-state index in [0.29, 0.717) is 0 Å². The van der Waals surface area contributed by atoms with Crippen LogP contribution in [0.3, 0.4) is 0 Å². The largest absolute Gasteiger partial charge is 0.459 e. The maximum Gasteiger partial charge on any atom is 0.414 e. The molecule has 0 spiro atoms. The van der Waals surface area contributed by atoms with E-state index in [9.17, 15) is 35.6 Å². The Labute approximate surface area is 245 Å². The first-order valence-corrected chi connectivity index (χ1v) is 16.4. The first-order chi connectivity index (χ1) is 19.3. The Kier molecular flexibility index (Phi) is 10.0. The number of carbonyl (C=O) groups excluding carboxylic acids is 3. The van der Waals surface area contributed by atoms with Gasteiger partial charge in [-0.25, -0.2) is 26.0 Å². The molecule has 2 aliphatic rings. The zero-order chi connectivity index (χ0) is 31.5. The summed E-state index contributed by atoms with van der Waals surface area (Å²) in [4.78, 5) is 39.9. The SMILES string of the molecule is CN(C)C(=O)OC1=CCC(C[C@H](NS(=O)(=O)c2ccccc2F)C(=O)OC(C)(C)C)(C(=O)C2CS(=O)(=O)CCN2)C=C1. The molecule has 0 saturated carbocycles. The summed E-state index contributed by atoms with van der Waals surface area (Å²) in [6.45, 7) is 4.73. The quantitative estimate of drug-likeness (QED) is 0.384. The van der Waals surface area contributed by atoms with Gasteiger partial charge in [-0.05, 0) is 57.9 Å². The van der Waals surface area contributed by atoms with Crippen LogP contribution in [-0.4, -0.2) is 89.4 Å². The number of nitrogens with one attached hydrogen (secondary N) is 2. The van der Waals surface area contributed by atoms with Crippen molar-refractivity contribution in [3.05, 3.63) is 54.1 Å². The summed E-state index contributed by atoms with van der Waals surface area (Å²) in [7, 11) is -5.24. The molecule has 3 atom stereocenters. The molecule has 1 aliphatic carbocycles. The number of ether oxygens (including phenoxy) is 2. The molecular formula is C27H36FN3O9S2. The zero-order valence-corrected chi connectivity index (χ0v) is 25.7. The predicted octanol–water partition coefficient (Wildman–Crippen LogP) is 1.69. The van der Waals surface area contributed by atoms with E-state index in [1.807, 2.05) is 0 Å². The van der Waals surface area contributed by atoms with Crippen LogP contribution in [0.4, 0.5) is 9.18 Å². The van der Waals surface area contributed by atoms with Gasteiger partial charge in [-0.3, -0.25) is 9.59 Å². The molecule has 3 rings (SSSR count). The number of hydrogen-bond acceptors (Lipinski definition) is 10. The van der Waals surface area contributed by atoms with Crippen LogP contribution >= 0.6 is 0 Å². The van der Waals surface area contributed by atoms with Gasteiger partial charge < -0.3 is 19.7 Å². The fraction of sp³-hybridized carbons (Fsp3) is 0.519. The number of amides is 1. The highest BCUT2D eigenvalue weighted by molar-refractivity contribution is 7.91. The van der Waals surface area contributed by atoms with Crippen molar-refractivity contribution in [2.75, 3.05) is 32.1 Å². The molecule has 1 aliphatic heterocycles. The Hall–Kier alpha value is -3.14. The van der Waals surface area contributed by atoms with Crippen molar-refractivity contribution >= 4 is 37.7 Å². The molecule has 2 unspecified atom stereocenters. The molecule has 0 radical (unpaired) electrons. The number of ketones is 1. The fourth-order valence-electron chi connectivity index (χ4n) is 4.49. The molecule has 1 saturated heterocycles. The van der Waals surface area contributed by atoms with Crippen LogP contribution in [0.15, 0.2) is 53.1 Å². The number of sulfone groups is 1. The maximum atomic E-state index is 14.5. The van der Waals surface area contributed by atoms with Gasteiger partial charge in [0.2, 0.25) is 10.0 Å². The maximum absolute atomic E-state index is 14.5. The lowest BCUT2D eigenvalue weighted by molar-refractivity contribution is -0.157. The van der Waals surface area contributed by atoms with Gasteiger partial charge in [-0.15, -0.1) is 0 Å². The van der Waals surface area contributed by atoms with Crippen molar-refractivity contribution in [3.8, 4) is 0 Å². The number of esters is 1. The van der Waals surface area contributed by atoms with Gasteiger partial charge in [0.1, 0.15) is 28.1 Å². The highest BCUT2D eigenvalue weighted by Gasteiger charge is 2.47. The third-order valence-corrected chi connectivity index (χ3v) is 9.69. The minimum atomic E-state index is -4.64. The predicted molar refractivity (Wildman–Crippen MR) is 151 cm³/mol. The molecule has 42 heavy (non-hydrogen) atoms. The van der Waals surface area contributed by atoms with Gasteiger partial charge >= 0.3 is 12.1 Å². The first kappa shape index (κ1) is 33.4. The van der Waals surface area contributed by atoms with Crippen molar-refractivity contribution < 1.29 is 45.1 Å². The van der Waals surface area contributed by atoms with Gasteiger partial charge in [0.15, 0.2) is 15.6 Å². The summed E-state index contributed by atoms with van der Waals surface area (Å²) >= 11 is 0. The van der Waals surface area contributed by atoms with E-state index in [0.717, 1.165) is 12.1 Å². The minimum Gasteiger partial charge on any atom is -0.459 e. The van der Waals surface area contributed by atoms with Crippen LogP contribution in [0.1, 0.15) is 33.6 Å². The highest BCUT2D eigenvalue weighted by Crippen LogP contribution is 2.38. The highest BCUT2D eigenvalue weighted by atomic mass is 32.2. The van der Waals surface area contributed by atoms with Crippen molar-refractivity contribution in [1.29, 1.82) is 0 Å². The molecule has 1 aromatic carbocycles. The molecule has 15 heteroatoms. The number of rotatable bonds is 9. The molecule has 232 valence electrons. The van der Waals surface area contributed by atoms with E-state index >= 15 is 0 Å². The molecule has 12 nitrogen and oxygen atoms in total. The number of allylic oxidation sites excluding steroid dienone is 3. The molecule has 1 fully saturated rings. The number of benzene rings is 1. The van der Waals surface area contributed by atoms with Crippen LogP contribution in [0.25, 0.3) is 0 Å². The van der Waals surface area contributed by atoms with Crippen molar-refractivity contribution in [3.63, 3.8) is 0 Å². The van der Waals surface area contributed by atoms with E-state index in [1.165, 1.54) is 49.4 Å². The topological polar surface area (TPSA) is 165 Å². The van der Waals surface area contributed by atoms with Gasteiger partial charge in [-0.1, -0.05) is 18.2 Å². The molecule has 2 N–H and O–H groups in total. The number of hydrogen-bond donors (Lipinski definition) is 2. The average Bonchev–Trinajstić information content (AvgIpc) is 2.87. The van der Waals surface area contributed by atoms with Crippen LogP contribution < -0.4 is 10.0 Å². The smallest absolute Gasteiger partial charge is 0.414 e. The Balaban J connectivity index is 2.05. The van der Waals surface area contributed by atoms with Gasteiger partial charge in [-0.2, -0.15) is 4.72 Å². The number of nitrogens with zero attached hydrogens (tertiary/aromatic N) is 1. The summed E-state index contributed by atoms with van der Waals surface area (Å²) in [6, 6.07) is 1.74. The van der Waals surface area contributed by atoms with Crippen LogP contribution in [0.2, 0.25) is 0 Å². The average molecular weight is 630 g/mol. The Bertz CT molecular complexity index is 1500. The van der Waals surface area contributed by atoms with E-state index in [4.69, 9.17) is 9.47 Å². The third kappa shape index (κ3) is 8.46. The van der Waals surface area contributed by atoms with Gasteiger partial charge in [0.25, 0.3) is 0 Å². The molecular weight excluding hydrogens is 593 g/mol. The second kappa shape index (κ2) is 12.6. The second-order valence-corrected chi connectivity index (χ2v) is 15.3. The van der Waals surface area contributed by atoms with E-state index in [-0.39, 0.29) is 24.5 Å². The van der Waals surface area contributed by atoms with Crippen molar-refractivity contribution in [1.82, 2.24) is 14.9 Å². The number of sulfonamides is 1. The lowest BCUT2D eigenvalue weighted by atomic mass is 9.71. The van der Waals surface area contributed by atoms with E-state index in [2.05, 4.69) is 10.0 Å². The van der Waals surface area contributed by atoms with Gasteiger partial charge in [0, 0.05) is 20.6 Å². The van der Waals surface area contributed by atoms with Gasteiger partial charge in [0.05, 0.1) is 23.0 Å². The first-order valence-electron chi connectivity index (χ1n) is 13.1. The normalized spacial score (nSPS) is 22.9. The summed E-state index contributed by atoms with van der Waals surface area (Å²) in [5.74, 6) is -3.25. The standard InChI is InChI=1S/C27H36FN3O9S2/c1-26(2,3)40-24(33)20(30-42(37,38)22-9-7-6-8-19(22)28)16-27(23(32)21-17-41(35,36)15-14-29-21)12-10-18(11-13-27)39-25(34)31(4)5/h6-12,20-21,29-30H,13-17H2,1-5H3/t20-,21?,27?/m0/s1. The summed E-state index contributed by atoms with van der Waals surface area (Å²) in [5, 5.41) is 2.90. The summed E-state index contributed by atoms with van der Waals surface area (Å²) in [6.07, 6.45) is 2.76. The number of Topliss-reactive ketones (excluding diaryl/α,β-unsaturated/α-hetero) is 1. The Morgan fingerprint density at radius 2 is 1.88 bits per heavy atom. The second-order valence-electron chi connectivity index (χ2n) is 11.4.